The van der Waals surface area contributed by atoms with E-state index in [0.29, 0.717) is 6.42 Å². The first kappa shape index (κ1) is 15.2. The third kappa shape index (κ3) is 3.81. The second kappa shape index (κ2) is 6.36. The molecule has 0 heterocycles. The van der Waals surface area contributed by atoms with E-state index in [1.807, 2.05) is 32.9 Å². The van der Waals surface area contributed by atoms with Crippen LogP contribution in [0.15, 0.2) is 12.1 Å². The van der Waals surface area contributed by atoms with Gasteiger partial charge < -0.3 is 10.0 Å². The fourth-order valence-corrected chi connectivity index (χ4v) is 2.00. The summed E-state index contributed by atoms with van der Waals surface area (Å²) in [5.74, 6) is -0.912. The van der Waals surface area contributed by atoms with Gasteiger partial charge in [0.05, 0.1) is 0 Å². The first-order chi connectivity index (χ1) is 8.84. The van der Waals surface area contributed by atoms with Crippen molar-refractivity contribution in [2.24, 2.45) is 0 Å². The highest BCUT2D eigenvalue weighted by molar-refractivity contribution is 5.93. The summed E-state index contributed by atoms with van der Waals surface area (Å²) in [6.07, 6.45) is 0.670. The Balaban J connectivity index is 2.77. The van der Waals surface area contributed by atoms with Gasteiger partial charge >= 0.3 is 5.97 Å². The van der Waals surface area contributed by atoms with Gasteiger partial charge in [0.25, 0.3) is 0 Å². The molecule has 4 nitrogen and oxygen atoms in total. The van der Waals surface area contributed by atoms with Crippen molar-refractivity contribution in [1.82, 2.24) is 0 Å². The summed E-state index contributed by atoms with van der Waals surface area (Å²) in [7, 11) is 1.74. The molecule has 0 saturated carbocycles. The largest absolute Gasteiger partial charge is 0.481 e. The van der Waals surface area contributed by atoms with E-state index in [9.17, 15) is 9.59 Å². The van der Waals surface area contributed by atoms with Crippen molar-refractivity contribution < 1.29 is 14.7 Å². The van der Waals surface area contributed by atoms with Gasteiger partial charge in [0.15, 0.2) is 0 Å². The highest BCUT2D eigenvalue weighted by atomic mass is 16.4. The molecule has 0 spiro atoms. The number of carboxylic acid groups (broad SMARTS) is 1. The maximum atomic E-state index is 12.0. The number of aryl methyl sites for hydroxylation is 1. The van der Waals surface area contributed by atoms with Crippen LogP contribution in [0.5, 0.6) is 0 Å². The number of benzene rings is 1. The molecule has 104 valence electrons. The number of anilines is 1. The molecule has 0 atom stereocenters. The number of hydrogen-bond donors (Lipinski definition) is 1. The number of aliphatic carboxylic acids is 1. The average Bonchev–Trinajstić information content (AvgIpc) is 2.35. The van der Waals surface area contributed by atoms with E-state index >= 15 is 0 Å². The molecule has 0 fully saturated rings. The molecule has 0 bridgehead atoms. The second-order valence-corrected chi connectivity index (χ2v) is 4.85. The van der Waals surface area contributed by atoms with Crippen LogP contribution in [0.3, 0.4) is 0 Å². The van der Waals surface area contributed by atoms with Crippen LogP contribution in [0.4, 0.5) is 5.69 Å². The van der Waals surface area contributed by atoms with E-state index in [0.717, 1.165) is 11.3 Å². The quantitative estimate of drug-likeness (QED) is 0.888. The number of rotatable bonds is 5. The number of carboxylic acids is 1. The summed E-state index contributed by atoms with van der Waals surface area (Å²) in [5, 5.41) is 8.57. The van der Waals surface area contributed by atoms with Crippen molar-refractivity contribution in [3.63, 3.8) is 0 Å². The van der Waals surface area contributed by atoms with E-state index in [2.05, 4.69) is 0 Å². The maximum absolute atomic E-state index is 12.0. The molecular formula is C15H21NO3. The van der Waals surface area contributed by atoms with Gasteiger partial charge in [-0.15, -0.1) is 0 Å². The van der Waals surface area contributed by atoms with E-state index < -0.39 is 5.97 Å². The van der Waals surface area contributed by atoms with Crippen LogP contribution >= 0.6 is 0 Å². The zero-order valence-electron chi connectivity index (χ0n) is 12.0. The standard InChI is InChI=1S/C15H21NO3/c1-10-8-9-13(12(3)11(10)2)16(4)14(17)6-5-7-15(18)19/h8-9H,5-7H2,1-4H3,(H,18,19). The number of carbonyl (C=O) groups excluding carboxylic acids is 1. The van der Waals surface area contributed by atoms with Crippen molar-refractivity contribution in [1.29, 1.82) is 0 Å². The first-order valence-corrected chi connectivity index (χ1v) is 6.39. The molecule has 0 aliphatic carbocycles. The lowest BCUT2D eigenvalue weighted by Gasteiger charge is -2.21. The van der Waals surface area contributed by atoms with Gasteiger partial charge in [0.1, 0.15) is 0 Å². The van der Waals surface area contributed by atoms with Gasteiger partial charge in [-0.1, -0.05) is 6.07 Å². The Bertz CT molecular complexity index is 494. The first-order valence-electron chi connectivity index (χ1n) is 6.39. The van der Waals surface area contributed by atoms with Crippen LogP contribution in [0, 0.1) is 20.8 Å². The second-order valence-electron chi connectivity index (χ2n) is 4.85. The minimum absolute atomic E-state index is 0.0332. The minimum atomic E-state index is -0.863. The summed E-state index contributed by atoms with van der Waals surface area (Å²) in [4.78, 5) is 24.1. The highest BCUT2D eigenvalue weighted by Crippen LogP contribution is 2.25. The molecule has 1 aromatic rings. The average molecular weight is 263 g/mol. The van der Waals surface area contributed by atoms with Gasteiger partial charge in [-0.25, -0.2) is 0 Å². The van der Waals surface area contributed by atoms with E-state index in [-0.39, 0.29) is 18.7 Å². The van der Waals surface area contributed by atoms with Crippen molar-refractivity contribution in [2.45, 2.75) is 40.0 Å². The van der Waals surface area contributed by atoms with Gasteiger partial charge in [-0.2, -0.15) is 0 Å². The fraction of sp³-hybridized carbons (Fsp3) is 0.467. The van der Waals surface area contributed by atoms with Crippen LogP contribution in [0.1, 0.15) is 36.0 Å². The van der Waals surface area contributed by atoms with E-state index in [1.165, 1.54) is 11.1 Å². The third-order valence-electron chi connectivity index (χ3n) is 3.55. The molecule has 1 rings (SSSR count). The summed E-state index contributed by atoms with van der Waals surface area (Å²) >= 11 is 0. The van der Waals surface area contributed by atoms with Crippen LogP contribution in [-0.4, -0.2) is 24.0 Å². The maximum Gasteiger partial charge on any atom is 0.303 e. The molecule has 0 aliphatic rings. The van der Waals surface area contributed by atoms with Crippen LogP contribution < -0.4 is 4.90 Å². The Morgan fingerprint density at radius 2 is 1.74 bits per heavy atom. The molecule has 1 amide bonds. The zero-order chi connectivity index (χ0) is 14.6. The molecule has 1 N–H and O–H groups in total. The lowest BCUT2D eigenvalue weighted by molar-refractivity contribution is -0.137. The normalized spacial score (nSPS) is 10.3. The zero-order valence-corrected chi connectivity index (χ0v) is 12.0. The Morgan fingerprint density at radius 3 is 2.32 bits per heavy atom. The molecule has 4 heteroatoms. The molecule has 0 saturated heterocycles. The fourth-order valence-electron chi connectivity index (χ4n) is 2.00. The smallest absolute Gasteiger partial charge is 0.303 e. The summed E-state index contributed by atoms with van der Waals surface area (Å²) in [6.45, 7) is 6.08. The van der Waals surface area contributed by atoms with E-state index in [4.69, 9.17) is 5.11 Å². The number of hydrogen-bond acceptors (Lipinski definition) is 2. The van der Waals surface area contributed by atoms with Gasteiger partial charge in [-0.3, -0.25) is 9.59 Å². The van der Waals surface area contributed by atoms with Crippen molar-refractivity contribution in [3.05, 3.63) is 28.8 Å². The molecule has 0 aliphatic heterocycles. The predicted molar refractivity (Wildman–Crippen MR) is 75.5 cm³/mol. The lowest BCUT2D eigenvalue weighted by atomic mass is 10.0. The minimum Gasteiger partial charge on any atom is -0.481 e. The van der Waals surface area contributed by atoms with Crippen LogP contribution in [-0.2, 0) is 9.59 Å². The molecule has 0 aromatic heterocycles. The Morgan fingerprint density at radius 1 is 1.11 bits per heavy atom. The molecule has 0 unspecified atom stereocenters. The lowest BCUT2D eigenvalue weighted by Crippen LogP contribution is -2.27. The molecular weight excluding hydrogens is 242 g/mol. The van der Waals surface area contributed by atoms with Crippen LogP contribution in [0.2, 0.25) is 0 Å². The van der Waals surface area contributed by atoms with E-state index in [1.54, 1.807) is 11.9 Å². The third-order valence-corrected chi connectivity index (χ3v) is 3.55. The topological polar surface area (TPSA) is 57.6 Å². The van der Waals surface area contributed by atoms with Crippen molar-refractivity contribution >= 4 is 17.6 Å². The molecule has 19 heavy (non-hydrogen) atoms. The number of amides is 1. The SMILES string of the molecule is Cc1ccc(N(C)C(=O)CCCC(=O)O)c(C)c1C. The van der Waals surface area contributed by atoms with Gasteiger partial charge in [-0.05, 0) is 49.9 Å². The molecule has 1 aromatic carbocycles. The Kier molecular flexibility index (Phi) is 5.10. The predicted octanol–water partition coefficient (Wildman–Crippen LogP) is 2.83. The van der Waals surface area contributed by atoms with Crippen molar-refractivity contribution in [2.75, 3.05) is 11.9 Å². The number of nitrogens with zero attached hydrogens (tertiary/aromatic N) is 1. The van der Waals surface area contributed by atoms with Gasteiger partial charge in [0.2, 0.25) is 5.91 Å². The Hall–Kier alpha value is -1.84. The summed E-state index contributed by atoms with van der Waals surface area (Å²) < 4.78 is 0. The monoisotopic (exact) mass is 263 g/mol. The van der Waals surface area contributed by atoms with Crippen LogP contribution in [0.25, 0.3) is 0 Å². The Labute approximate surface area is 114 Å². The van der Waals surface area contributed by atoms with Crippen molar-refractivity contribution in [3.8, 4) is 0 Å². The summed E-state index contributed by atoms with van der Waals surface area (Å²) in [5.41, 5.74) is 4.37. The van der Waals surface area contributed by atoms with Gasteiger partial charge in [0, 0.05) is 25.6 Å². The molecule has 0 radical (unpaired) electrons. The number of carbonyl (C=O) groups is 2. The highest BCUT2D eigenvalue weighted by Gasteiger charge is 2.14. The summed E-state index contributed by atoms with van der Waals surface area (Å²) in [6, 6.07) is 3.94.